The van der Waals surface area contributed by atoms with E-state index >= 15 is 0 Å². The van der Waals surface area contributed by atoms with Gasteiger partial charge in [0.15, 0.2) is 0 Å². The summed E-state index contributed by atoms with van der Waals surface area (Å²) < 4.78 is 0. The average Bonchev–Trinajstić information content (AvgIpc) is 2.26. The fraction of sp³-hybridized carbons (Fsp3) is 0.917. The van der Waals surface area contributed by atoms with Crippen LogP contribution in [-0.2, 0) is 4.79 Å². The Morgan fingerprint density at radius 3 is 2.69 bits per heavy atom. The van der Waals surface area contributed by atoms with Gasteiger partial charge in [0.2, 0.25) is 0 Å². The van der Waals surface area contributed by atoms with Crippen molar-refractivity contribution >= 4 is 5.97 Å². The van der Waals surface area contributed by atoms with Crippen molar-refractivity contribution in [1.82, 2.24) is 4.90 Å². The number of hydrogen-bond acceptors (Lipinski definition) is 3. The zero-order valence-electron chi connectivity index (χ0n) is 10.1. The Hall–Kier alpha value is -0.610. The highest BCUT2D eigenvalue weighted by molar-refractivity contribution is 5.78. The Balaban J connectivity index is 2.44. The molecule has 1 aliphatic rings. The zero-order valence-corrected chi connectivity index (χ0v) is 10.1. The summed E-state index contributed by atoms with van der Waals surface area (Å²) in [5.41, 5.74) is -0.669. The summed E-state index contributed by atoms with van der Waals surface area (Å²) >= 11 is 0. The van der Waals surface area contributed by atoms with Crippen molar-refractivity contribution in [1.29, 1.82) is 0 Å². The molecule has 2 N–H and O–H groups in total. The molecule has 94 valence electrons. The molecule has 0 saturated carbocycles. The first kappa shape index (κ1) is 13.5. The standard InChI is InChI=1S/C12H23NO3/c1-12(11(15)16)7-3-5-9-13(12)8-4-2-6-10-14/h14H,2-10H2,1H3,(H,15,16). The van der Waals surface area contributed by atoms with Crippen LogP contribution in [0.3, 0.4) is 0 Å². The van der Waals surface area contributed by atoms with Crippen molar-refractivity contribution in [3.8, 4) is 0 Å². The van der Waals surface area contributed by atoms with Crippen LogP contribution in [0.5, 0.6) is 0 Å². The smallest absolute Gasteiger partial charge is 0.323 e. The lowest BCUT2D eigenvalue weighted by Crippen LogP contribution is -2.55. The number of carboxylic acid groups (broad SMARTS) is 1. The molecule has 1 atom stereocenters. The minimum Gasteiger partial charge on any atom is -0.480 e. The topological polar surface area (TPSA) is 60.8 Å². The second-order valence-electron chi connectivity index (χ2n) is 4.81. The number of carbonyl (C=O) groups is 1. The van der Waals surface area contributed by atoms with Crippen molar-refractivity contribution in [2.75, 3.05) is 19.7 Å². The predicted octanol–water partition coefficient (Wildman–Crippen LogP) is 1.48. The molecule has 0 aliphatic carbocycles. The first-order valence-corrected chi connectivity index (χ1v) is 6.20. The van der Waals surface area contributed by atoms with Crippen LogP contribution in [0.4, 0.5) is 0 Å². The molecule has 16 heavy (non-hydrogen) atoms. The monoisotopic (exact) mass is 229 g/mol. The van der Waals surface area contributed by atoms with E-state index in [-0.39, 0.29) is 6.61 Å². The molecule has 1 heterocycles. The van der Waals surface area contributed by atoms with E-state index in [0.717, 1.165) is 51.6 Å². The third-order valence-electron chi connectivity index (χ3n) is 3.59. The first-order valence-electron chi connectivity index (χ1n) is 6.20. The highest BCUT2D eigenvalue weighted by atomic mass is 16.4. The van der Waals surface area contributed by atoms with Crippen LogP contribution < -0.4 is 0 Å². The molecule has 0 spiro atoms. The van der Waals surface area contributed by atoms with Crippen LogP contribution in [0.15, 0.2) is 0 Å². The maximum atomic E-state index is 11.3. The van der Waals surface area contributed by atoms with E-state index in [2.05, 4.69) is 4.90 Å². The van der Waals surface area contributed by atoms with Crippen molar-refractivity contribution in [3.63, 3.8) is 0 Å². The summed E-state index contributed by atoms with van der Waals surface area (Å²) in [6, 6.07) is 0. The van der Waals surface area contributed by atoms with Gasteiger partial charge in [-0.15, -0.1) is 0 Å². The van der Waals surface area contributed by atoms with Gasteiger partial charge < -0.3 is 10.2 Å². The molecule has 1 saturated heterocycles. The van der Waals surface area contributed by atoms with Gasteiger partial charge in [-0.25, -0.2) is 0 Å². The lowest BCUT2D eigenvalue weighted by molar-refractivity contribution is -0.152. The summed E-state index contributed by atoms with van der Waals surface area (Å²) in [5, 5.41) is 18.0. The fourth-order valence-electron chi connectivity index (χ4n) is 2.37. The molecular weight excluding hydrogens is 206 g/mol. The Kier molecular flexibility index (Phi) is 5.22. The highest BCUT2D eigenvalue weighted by Gasteiger charge is 2.40. The number of nitrogens with zero attached hydrogens (tertiary/aromatic N) is 1. The molecule has 0 aromatic carbocycles. The molecule has 1 aliphatic heterocycles. The summed E-state index contributed by atoms with van der Waals surface area (Å²) in [6.07, 6.45) is 5.63. The van der Waals surface area contributed by atoms with E-state index < -0.39 is 11.5 Å². The molecule has 0 aromatic heterocycles. The van der Waals surface area contributed by atoms with Gasteiger partial charge in [0.1, 0.15) is 5.54 Å². The zero-order chi connectivity index (χ0) is 12.0. The van der Waals surface area contributed by atoms with Gasteiger partial charge in [0.05, 0.1) is 0 Å². The second kappa shape index (κ2) is 6.21. The van der Waals surface area contributed by atoms with Crippen LogP contribution in [0.2, 0.25) is 0 Å². The normalized spacial score (nSPS) is 26.9. The Bertz CT molecular complexity index is 232. The van der Waals surface area contributed by atoms with Gasteiger partial charge in [-0.2, -0.15) is 0 Å². The van der Waals surface area contributed by atoms with E-state index in [0.29, 0.717) is 0 Å². The van der Waals surface area contributed by atoms with Crippen molar-refractivity contribution < 1.29 is 15.0 Å². The molecule has 1 rings (SSSR count). The van der Waals surface area contributed by atoms with Crippen molar-refractivity contribution in [2.45, 2.75) is 51.0 Å². The van der Waals surface area contributed by atoms with Crippen LogP contribution in [0.1, 0.15) is 45.4 Å². The van der Waals surface area contributed by atoms with Gasteiger partial charge in [-0.05, 0) is 58.5 Å². The minimum absolute atomic E-state index is 0.232. The number of aliphatic hydroxyl groups is 1. The number of piperidine rings is 1. The molecule has 1 fully saturated rings. The Labute approximate surface area is 97.3 Å². The number of aliphatic hydroxyl groups excluding tert-OH is 1. The van der Waals surface area contributed by atoms with E-state index in [1.165, 1.54) is 0 Å². The molecular formula is C12H23NO3. The van der Waals surface area contributed by atoms with Crippen molar-refractivity contribution in [2.24, 2.45) is 0 Å². The molecule has 1 unspecified atom stereocenters. The van der Waals surface area contributed by atoms with Crippen LogP contribution >= 0.6 is 0 Å². The Morgan fingerprint density at radius 2 is 2.06 bits per heavy atom. The third-order valence-corrected chi connectivity index (χ3v) is 3.59. The quantitative estimate of drug-likeness (QED) is 0.677. The van der Waals surface area contributed by atoms with Gasteiger partial charge in [0.25, 0.3) is 0 Å². The predicted molar refractivity (Wildman–Crippen MR) is 62.4 cm³/mol. The number of rotatable bonds is 6. The molecule has 0 aromatic rings. The van der Waals surface area contributed by atoms with Gasteiger partial charge >= 0.3 is 5.97 Å². The first-order chi connectivity index (χ1) is 7.61. The number of carboxylic acids is 1. The lowest BCUT2D eigenvalue weighted by Gasteiger charge is -2.41. The molecule has 0 amide bonds. The second-order valence-corrected chi connectivity index (χ2v) is 4.81. The fourth-order valence-corrected chi connectivity index (χ4v) is 2.37. The molecule has 0 radical (unpaired) electrons. The number of aliphatic carboxylic acids is 1. The Morgan fingerprint density at radius 1 is 1.31 bits per heavy atom. The van der Waals surface area contributed by atoms with Crippen LogP contribution in [0.25, 0.3) is 0 Å². The highest BCUT2D eigenvalue weighted by Crippen LogP contribution is 2.28. The maximum absolute atomic E-state index is 11.3. The van der Waals surface area contributed by atoms with Crippen LogP contribution in [0, 0.1) is 0 Å². The molecule has 4 heteroatoms. The van der Waals surface area contributed by atoms with Crippen LogP contribution in [-0.4, -0.2) is 46.3 Å². The van der Waals surface area contributed by atoms with Gasteiger partial charge in [0, 0.05) is 6.61 Å². The summed E-state index contributed by atoms with van der Waals surface area (Å²) in [7, 11) is 0. The van der Waals surface area contributed by atoms with Gasteiger partial charge in [-0.3, -0.25) is 9.69 Å². The third kappa shape index (κ3) is 3.19. The molecule has 4 nitrogen and oxygen atoms in total. The van der Waals surface area contributed by atoms with Gasteiger partial charge in [-0.1, -0.05) is 0 Å². The van der Waals surface area contributed by atoms with E-state index in [1.807, 2.05) is 6.92 Å². The number of likely N-dealkylation sites (tertiary alicyclic amines) is 1. The van der Waals surface area contributed by atoms with E-state index in [9.17, 15) is 9.90 Å². The summed E-state index contributed by atoms with van der Waals surface area (Å²) in [5.74, 6) is -0.700. The average molecular weight is 229 g/mol. The number of hydrogen-bond donors (Lipinski definition) is 2. The summed E-state index contributed by atoms with van der Waals surface area (Å²) in [6.45, 7) is 3.79. The number of unbranched alkanes of at least 4 members (excludes halogenated alkanes) is 2. The van der Waals surface area contributed by atoms with Crippen molar-refractivity contribution in [3.05, 3.63) is 0 Å². The van der Waals surface area contributed by atoms with E-state index in [1.54, 1.807) is 0 Å². The van der Waals surface area contributed by atoms with E-state index in [4.69, 9.17) is 5.11 Å². The largest absolute Gasteiger partial charge is 0.480 e. The lowest BCUT2D eigenvalue weighted by atomic mass is 9.88. The molecule has 0 bridgehead atoms. The maximum Gasteiger partial charge on any atom is 0.323 e. The summed E-state index contributed by atoms with van der Waals surface area (Å²) in [4.78, 5) is 13.4. The minimum atomic E-state index is -0.700. The SMILES string of the molecule is CC1(C(=O)O)CCCCN1CCCCCO.